The Balaban J connectivity index is 1.85. The highest BCUT2D eigenvalue weighted by Gasteiger charge is 2.14. The second-order valence-corrected chi connectivity index (χ2v) is 5.65. The minimum atomic E-state index is 0.865. The molecule has 2 heteroatoms. The van der Waals surface area contributed by atoms with E-state index < -0.39 is 0 Å². The smallest absolute Gasteiger partial charge is 0.0458 e. The molecule has 0 unspecified atom stereocenters. The Kier molecular flexibility index (Phi) is 3.13. The molecule has 2 nitrogen and oxygen atoms in total. The van der Waals surface area contributed by atoms with Crippen molar-refractivity contribution in [3.63, 3.8) is 0 Å². The highest BCUT2D eigenvalue weighted by atomic mass is 14.9. The number of aryl methyl sites for hydroxylation is 2. The fourth-order valence-corrected chi connectivity index (χ4v) is 3.05. The van der Waals surface area contributed by atoms with Gasteiger partial charge in [-0.05, 0) is 75.4 Å². The molecule has 2 N–H and O–H groups in total. The van der Waals surface area contributed by atoms with Crippen LogP contribution in [0.2, 0.25) is 0 Å². The predicted molar refractivity (Wildman–Crippen MR) is 77.1 cm³/mol. The van der Waals surface area contributed by atoms with E-state index in [9.17, 15) is 0 Å². The second kappa shape index (κ2) is 4.77. The average Bonchev–Trinajstić information content (AvgIpc) is 2.67. The van der Waals surface area contributed by atoms with Crippen LogP contribution in [-0.2, 0) is 6.42 Å². The maximum Gasteiger partial charge on any atom is 0.0458 e. The first-order valence-electron chi connectivity index (χ1n) is 7.02. The summed E-state index contributed by atoms with van der Waals surface area (Å²) in [6.45, 7) is 6.74. The molecule has 2 aromatic rings. The molecular weight excluding hydrogens is 220 g/mol. The van der Waals surface area contributed by atoms with E-state index in [0.29, 0.717) is 0 Å². The van der Waals surface area contributed by atoms with Gasteiger partial charge in [0.25, 0.3) is 0 Å². The normalized spacial score (nSPS) is 17.4. The molecule has 0 radical (unpaired) electrons. The molecule has 0 bridgehead atoms. The number of H-pyrrole nitrogens is 1. The van der Waals surface area contributed by atoms with E-state index >= 15 is 0 Å². The lowest BCUT2D eigenvalue weighted by Gasteiger charge is -2.22. The van der Waals surface area contributed by atoms with Crippen molar-refractivity contribution in [2.24, 2.45) is 5.92 Å². The third kappa shape index (κ3) is 2.17. The molecule has 1 aliphatic heterocycles. The molecule has 0 atom stereocenters. The molecule has 1 aromatic carbocycles. The van der Waals surface area contributed by atoms with Crippen LogP contribution in [0.5, 0.6) is 0 Å². The SMILES string of the molecule is Cc1[nH]c2ccc(CC3CCNCC3)cc2c1C. The quantitative estimate of drug-likeness (QED) is 0.830. The number of aromatic amines is 1. The van der Waals surface area contributed by atoms with Crippen LogP contribution < -0.4 is 5.32 Å². The first-order valence-corrected chi connectivity index (χ1v) is 7.02. The molecule has 0 amide bonds. The molecule has 18 heavy (non-hydrogen) atoms. The lowest BCUT2D eigenvalue weighted by atomic mass is 9.90. The summed E-state index contributed by atoms with van der Waals surface area (Å²) in [7, 11) is 0. The number of aromatic nitrogens is 1. The zero-order chi connectivity index (χ0) is 12.5. The zero-order valence-electron chi connectivity index (χ0n) is 11.3. The van der Waals surface area contributed by atoms with Gasteiger partial charge in [0.1, 0.15) is 0 Å². The Hall–Kier alpha value is -1.28. The van der Waals surface area contributed by atoms with Gasteiger partial charge in [-0.3, -0.25) is 0 Å². The topological polar surface area (TPSA) is 27.8 Å². The lowest BCUT2D eigenvalue weighted by molar-refractivity contribution is 0.373. The van der Waals surface area contributed by atoms with Crippen molar-refractivity contribution < 1.29 is 0 Å². The molecule has 2 heterocycles. The van der Waals surface area contributed by atoms with Crippen molar-refractivity contribution >= 4 is 10.9 Å². The van der Waals surface area contributed by atoms with E-state index in [2.05, 4.69) is 42.3 Å². The Morgan fingerprint density at radius 2 is 1.94 bits per heavy atom. The maximum atomic E-state index is 3.45. The van der Waals surface area contributed by atoms with E-state index in [1.165, 1.54) is 60.1 Å². The third-order valence-electron chi connectivity index (χ3n) is 4.36. The van der Waals surface area contributed by atoms with Crippen LogP contribution in [0.4, 0.5) is 0 Å². The first kappa shape index (κ1) is 11.8. The highest BCUT2D eigenvalue weighted by Crippen LogP contribution is 2.25. The van der Waals surface area contributed by atoms with Crippen LogP contribution in [-0.4, -0.2) is 18.1 Å². The van der Waals surface area contributed by atoms with E-state index in [-0.39, 0.29) is 0 Å². The van der Waals surface area contributed by atoms with Crippen LogP contribution in [0.1, 0.15) is 29.7 Å². The fourth-order valence-electron chi connectivity index (χ4n) is 3.05. The number of rotatable bonds is 2. The standard InChI is InChI=1S/C16H22N2/c1-11-12(2)18-16-4-3-14(10-15(11)16)9-13-5-7-17-8-6-13/h3-4,10,13,17-18H,5-9H2,1-2H3. The number of hydrogen-bond acceptors (Lipinski definition) is 1. The van der Waals surface area contributed by atoms with Crippen LogP contribution >= 0.6 is 0 Å². The van der Waals surface area contributed by atoms with Gasteiger partial charge in [-0.2, -0.15) is 0 Å². The van der Waals surface area contributed by atoms with Crippen LogP contribution in [0.15, 0.2) is 18.2 Å². The number of nitrogens with one attached hydrogen (secondary N) is 2. The van der Waals surface area contributed by atoms with E-state index in [1.54, 1.807) is 0 Å². The molecule has 1 aliphatic rings. The van der Waals surface area contributed by atoms with Gasteiger partial charge in [0.2, 0.25) is 0 Å². The molecular formula is C16H22N2. The minimum absolute atomic E-state index is 0.865. The van der Waals surface area contributed by atoms with Crippen molar-refractivity contribution in [3.8, 4) is 0 Å². The highest BCUT2D eigenvalue weighted by molar-refractivity contribution is 5.84. The molecule has 0 aliphatic carbocycles. The second-order valence-electron chi connectivity index (χ2n) is 5.65. The van der Waals surface area contributed by atoms with Crippen LogP contribution in [0.25, 0.3) is 10.9 Å². The monoisotopic (exact) mass is 242 g/mol. The van der Waals surface area contributed by atoms with E-state index in [1.807, 2.05) is 0 Å². The summed E-state index contributed by atoms with van der Waals surface area (Å²) in [5.74, 6) is 0.865. The van der Waals surface area contributed by atoms with Gasteiger partial charge in [-0.1, -0.05) is 6.07 Å². The van der Waals surface area contributed by atoms with Gasteiger partial charge in [0.15, 0.2) is 0 Å². The largest absolute Gasteiger partial charge is 0.358 e. The van der Waals surface area contributed by atoms with Crippen molar-refractivity contribution in [2.75, 3.05) is 13.1 Å². The van der Waals surface area contributed by atoms with E-state index in [4.69, 9.17) is 0 Å². The Bertz CT molecular complexity index is 547. The zero-order valence-corrected chi connectivity index (χ0v) is 11.3. The number of piperidine rings is 1. The predicted octanol–water partition coefficient (Wildman–Crippen LogP) is 3.33. The van der Waals surface area contributed by atoms with E-state index in [0.717, 1.165) is 5.92 Å². The molecule has 1 fully saturated rings. The van der Waals surface area contributed by atoms with Gasteiger partial charge in [0, 0.05) is 16.6 Å². The average molecular weight is 242 g/mol. The Labute approximate surface area is 109 Å². The summed E-state index contributed by atoms with van der Waals surface area (Å²) in [5, 5.41) is 4.84. The van der Waals surface area contributed by atoms with Crippen molar-refractivity contribution in [3.05, 3.63) is 35.0 Å². The van der Waals surface area contributed by atoms with Gasteiger partial charge >= 0.3 is 0 Å². The van der Waals surface area contributed by atoms with Gasteiger partial charge < -0.3 is 10.3 Å². The fraction of sp³-hybridized carbons (Fsp3) is 0.500. The summed E-state index contributed by atoms with van der Waals surface area (Å²) in [5.41, 5.74) is 5.47. The summed E-state index contributed by atoms with van der Waals surface area (Å²) in [6, 6.07) is 6.92. The lowest BCUT2D eigenvalue weighted by Crippen LogP contribution is -2.28. The number of fused-ring (bicyclic) bond motifs is 1. The molecule has 1 aromatic heterocycles. The van der Waals surface area contributed by atoms with Crippen molar-refractivity contribution in [2.45, 2.75) is 33.1 Å². The summed E-state index contributed by atoms with van der Waals surface area (Å²) in [4.78, 5) is 3.45. The summed E-state index contributed by atoms with van der Waals surface area (Å²) in [6.07, 6.45) is 3.88. The van der Waals surface area contributed by atoms with Crippen molar-refractivity contribution in [1.82, 2.24) is 10.3 Å². The first-order chi connectivity index (χ1) is 8.74. The molecule has 3 rings (SSSR count). The number of benzene rings is 1. The molecule has 96 valence electrons. The van der Waals surface area contributed by atoms with Gasteiger partial charge in [-0.25, -0.2) is 0 Å². The number of hydrogen-bond donors (Lipinski definition) is 2. The Morgan fingerprint density at radius 1 is 1.17 bits per heavy atom. The molecule has 0 spiro atoms. The van der Waals surface area contributed by atoms with Crippen LogP contribution in [0.3, 0.4) is 0 Å². The summed E-state index contributed by atoms with van der Waals surface area (Å²) >= 11 is 0. The van der Waals surface area contributed by atoms with Crippen molar-refractivity contribution in [1.29, 1.82) is 0 Å². The third-order valence-corrected chi connectivity index (χ3v) is 4.36. The summed E-state index contributed by atoms with van der Waals surface area (Å²) < 4.78 is 0. The van der Waals surface area contributed by atoms with Gasteiger partial charge in [0.05, 0.1) is 0 Å². The molecule has 0 saturated carbocycles. The Morgan fingerprint density at radius 3 is 2.72 bits per heavy atom. The minimum Gasteiger partial charge on any atom is -0.358 e. The van der Waals surface area contributed by atoms with Crippen LogP contribution in [0, 0.1) is 19.8 Å². The maximum absolute atomic E-state index is 3.45. The molecule has 1 saturated heterocycles. The van der Waals surface area contributed by atoms with Gasteiger partial charge in [-0.15, -0.1) is 0 Å².